The molecule has 3 heteroatoms. The first-order chi connectivity index (χ1) is 9.28. The zero-order chi connectivity index (χ0) is 13.5. The van der Waals surface area contributed by atoms with Crippen LogP contribution in [-0.2, 0) is 13.0 Å². The molecule has 0 unspecified atom stereocenters. The maximum absolute atomic E-state index is 5.82. The molecule has 0 heterocycles. The van der Waals surface area contributed by atoms with Crippen molar-refractivity contribution in [3.63, 3.8) is 0 Å². The van der Waals surface area contributed by atoms with Crippen molar-refractivity contribution in [3.05, 3.63) is 65.7 Å². The van der Waals surface area contributed by atoms with Crippen molar-refractivity contribution in [2.75, 3.05) is 6.54 Å². The van der Waals surface area contributed by atoms with Crippen molar-refractivity contribution < 1.29 is 4.74 Å². The second-order valence-electron chi connectivity index (χ2n) is 4.62. The van der Waals surface area contributed by atoms with E-state index in [1.54, 1.807) is 0 Å². The van der Waals surface area contributed by atoms with Crippen LogP contribution in [0.1, 0.15) is 11.1 Å². The van der Waals surface area contributed by atoms with Gasteiger partial charge in [-0.3, -0.25) is 0 Å². The quantitative estimate of drug-likeness (QED) is 0.832. The molecule has 0 radical (unpaired) electrons. The van der Waals surface area contributed by atoms with Crippen molar-refractivity contribution in [1.29, 1.82) is 0 Å². The molecule has 2 aromatic rings. The van der Waals surface area contributed by atoms with Gasteiger partial charge in [0.05, 0.1) is 0 Å². The van der Waals surface area contributed by atoms with Gasteiger partial charge in [-0.2, -0.15) is 0 Å². The molecule has 1 atom stereocenters. The molecule has 0 saturated heterocycles. The number of nitrogens with two attached hydrogens (primary N) is 2. The summed E-state index contributed by atoms with van der Waals surface area (Å²) in [5, 5.41) is 0. The van der Waals surface area contributed by atoms with Gasteiger partial charge in [-0.15, -0.1) is 0 Å². The lowest BCUT2D eigenvalue weighted by Gasteiger charge is -2.10. The Kier molecular flexibility index (Phi) is 4.95. The Balaban J connectivity index is 1.88. The van der Waals surface area contributed by atoms with Crippen LogP contribution < -0.4 is 16.2 Å². The first kappa shape index (κ1) is 13.6. The van der Waals surface area contributed by atoms with Crippen molar-refractivity contribution in [1.82, 2.24) is 0 Å². The summed E-state index contributed by atoms with van der Waals surface area (Å²) < 4.78 is 5.72. The minimum Gasteiger partial charge on any atom is -0.489 e. The molecular formula is C16H20N2O. The van der Waals surface area contributed by atoms with E-state index in [1.165, 1.54) is 5.56 Å². The highest BCUT2D eigenvalue weighted by atomic mass is 16.5. The lowest BCUT2D eigenvalue weighted by Crippen LogP contribution is -2.31. The van der Waals surface area contributed by atoms with E-state index in [9.17, 15) is 0 Å². The highest BCUT2D eigenvalue weighted by molar-refractivity contribution is 5.28. The van der Waals surface area contributed by atoms with E-state index in [2.05, 4.69) is 12.1 Å². The molecule has 0 aliphatic rings. The molecule has 2 aromatic carbocycles. The van der Waals surface area contributed by atoms with Gasteiger partial charge >= 0.3 is 0 Å². The fraction of sp³-hybridized carbons (Fsp3) is 0.250. The predicted octanol–water partition coefficient (Wildman–Crippen LogP) is 2.09. The molecule has 4 N–H and O–H groups in total. The van der Waals surface area contributed by atoms with Gasteiger partial charge in [0.25, 0.3) is 0 Å². The van der Waals surface area contributed by atoms with Crippen LogP contribution in [0.25, 0.3) is 0 Å². The molecule has 2 rings (SSSR count). The summed E-state index contributed by atoms with van der Waals surface area (Å²) in [5.41, 5.74) is 13.7. The molecule has 0 spiro atoms. The number of ether oxygens (including phenoxy) is 1. The summed E-state index contributed by atoms with van der Waals surface area (Å²) in [6.07, 6.45) is 0.801. The maximum Gasteiger partial charge on any atom is 0.119 e. The zero-order valence-electron chi connectivity index (χ0n) is 11.0. The Morgan fingerprint density at radius 2 is 1.58 bits per heavy atom. The third-order valence-corrected chi connectivity index (χ3v) is 2.97. The van der Waals surface area contributed by atoms with Crippen LogP contribution in [0.3, 0.4) is 0 Å². The lowest BCUT2D eigenvalue weighted by molar-refractivity contribution is 0.306. The first-order valence-corrected chi connectivity index (χ1v) is 6.49. The topological polar surface area (TPSA) is 61.3 Å². The molecule has 0 aliphatic heterocycles. The van der Waals surface area contributed by atoms with E-state index in [-0.39, 0.29) is 6.04 Å². The molecule has 19 heavy (non-hydrogen) atoms. The second-order valence-corrected chi connectivity index (χ2v) is 4.62. The predicted molar refractivity (Wildman–Crippen MR) is 77.9 cm³/mol. The van der Waals surface area contributed by atoms with Crippen LogP contribution >= 0.6 is 0 Å². The van der Waals surface area contributed by atoms with Crippen LogP contribution in [0.15, 0.2) is 54.6 Å². The van der Waals surface area contributed by atoms with Crippen LogP contribution in [0, 0.1) is 0 Å². The fourth-order valence-electron chi connectivity index (χ4n) is 1.85. The Hall–Kier alpha value is -1.84. The lowest BCUT2D eigenvalue weighted by atomic mass is 10.1. The van der Waals surface area contributed by atoms with Crippen molar-refractivity contribution >= 4 is 0 Å². The molecule has 0 saturated carbocycles. The van der Waals surface area contributed by atoms with E-state index < -0.39 is 0 Å². The number of hydrogen-bond donors (Lipinski definition) is 2. The van der Waals surface area contributed by atoms with E-state index in [4.69, 9.17) is 16.2 Å². The SMILES string of the molecule is NC[C@@H](N)Cc1ccc(OCc2ccccc2)cc1. The van der Waals surface area contributed by atoms with Gasteiger partial charge < -0.3 is 16.2 Å². The van der Waals surface area contributed by atoms with Gasteiger partial charge in [0.1, 0.15) is 12.4 Å². The standard InChI is InChI=1S/C16H20N2O/c17-11-15(18)10-13-6-8-16(9-7-13)19-12-14-4-2-1-3-5-14/h1-9,15H,10-12,17-18H2/t15-/m0/s1. The van der Waals surface area contributed by atoms with E-state index in [0.717, 1.165) is 17.7 Å². The van der Waals surface area contributed by atoms with Crippen LogP contribution in [0.4, 0.5) is 0 Å². The van der Waals surface area contributed by atoms with Gasteiger partial charge in [-0.05, 0) is 29.7 Å². The molecular weight excluding hydrogens is 236 g/mol. The van der Waals surface area contributed by atoms with Gasteiger partial charge in [0.15, 0.2) is 0 Å². The van der Waals surface area contributed by atoms with E-state index in [1.807, 2.05) is 42.5 Å². The third-order valence-electron chi connectivity index (χ3n) is 2.97. The zero-order valence-corrected chi connectivity index (χ0v) is 11.0. The summed E-state index contributed by atoms with van der Waals surface area (Å²) in [6.45, 7) is 1.09. The highest BCUT2D eigenvalue weighted by Crippen LogP contribution is 2.15. The largest absolute Gasteiger partial charge is 0.489 e. The Morgan fingerprint density at radius 3 is 2.21 bits per heavy atom. The summed E-state index contributed by atoms with van der Waals surface area (Å²) in [5.74, 6) is 0.869. The van der Waals surface area contributed by atoms with E-state index in [0.29, 0.717) is 13.2 Å². The van der Waals surface area contributed by atoms with E-state index >= 15 is 0 Å². The summed E-state index contributed by atoms with van der Waals surface area (Å²) in [7, 11) is 0. The van der Waals surface area contributed by atoms with Crippen molar-refractivity contribution in [2.45, 2.75) is 19.1 Å². The van der Waals surface area contributed by atoms with Gasteiger partial charge in [-0.1, -0.05) is 42.5 Å². The molecule has 100 valence electrons. The number of hydrogen-bond acceptors (Lipinski definition) is 3. The van der Waals surface area contributed by atoms with Crippen LogP contribution in [0.2, 0.25) is 0 Å². The van der Waals surface area contributed by atoms with Gasteiger partial charge in [0, 0.05) is 12.6 Å². The van der Waals surface area contributed by atoms with Crippen molar-refractivity contribution in [2.24, 2.45) is 11.5 Å². The maximum atomic E-state index is 5.82. The van der Waals surface area contributed by atoms with Gasteiger partial charge in [0.2, 0.25) is 0 Å². The molecule has 0 fully saturated rings. The van der Waals surface area contributed by atoms with Crippen molar-refractivity contribution in [3.8, 4) is 5.75 Å². The molecule has 0 bridgehead atoms. The molecule has 0 aliphatic carbocycles. The Bertz CT molecular complexity index is 482. The van der Waals surface area contributed by atoms with Crippen LogP contribution in [-0.4, -0.2) is 12.6 Å². The first-order valence-electron chi connectivity index (χ1n) is 6.49. The average molecular weight is 256 g/mol. The smallest absolute Gasteiger partial charge is 0.119 e. The normalized spacial score (nSPS) is 12.1. The summed E-state index contributed by atoms with van der Waals surface area (Å²) in [6, 6.07) is 18.2. The minimum atomic E-state index is 0.0242. The average Bonchev–Trinajstić information content (AvgIpc) is 2.47. The fourth-order valence-corrected chi connectivity index (χ4v) is 1.85. The van der Waals surface area contributed by atoms with Crippen LogP contribution in [0.5, 0.6) is 5.75 Å². The minimum absolute atomic E-state index is 0.0242. The Labute approximate surface area is 114 Å². The monoisotopic (exact) mass is 256 g/mol. The number of rotatable bonds is 6. The third kappa shape index (κ3) is 4.39. The highest BCUT2D eigenvalue weighted by Gasteiger charge is 2.02. The molecule has 0 amide bonds. The summed E-state index contributed by atoms with van der Waals surface area (Å²) in [4.78, 5) is 0. The second kappa shape index (κ2) is 6.92. The number of benzene rings is 2. The molecule has 0 aromatic heterocycles. The molecule has 3 nitrogen and oxygen atoms in total. The Morgan fingerprint density at radius 1 is 0.895 bits per heavy atom. The van der Waals surface area contributed by atoms with Gasteiger partial charge in [-0.25, -0.2) is 0 Å². The summed E-state index contributed by atoms with van der Waals surface area (Å²) >= 11 is 0.